The minimum atomic E-state index is -0.397. The number of amides is 3. The summed E-state index contributed by atoms with van der Waals surface area (Å²) < 4.78 is 13.0. The Bertz CT molecular complexity index is 1180. The molecule has 1 aliphatic rings. The molecule has 174 valence electrons. The zero-order valence-electron chi connectivity index (χ0n) is 18.9. The Morgan fingerprint density at radius 3 is 2.15 bits per heavy atom. The van der Waals surface area contributed by atoms with Crippen molar-refractivity contribution in [1.82, 2.24) is 10.2 Å². The first-order valence-electron chi connectivity index (χ1n) is 11.2. The Morgan fingerprint density at radius 2 is 1.53 bits per heavy atom. The van der Waals surface area contributed by atoms with E-state index in [1.54, 1.807) is 24.3 Å². The lowest BCUT2D eigenvalue weighted by molar-refractivity contribution is -0.128. The van der Waals surface area contributed by atoms with Crippen LogP contribution in [0.15, 0.2) is 72.8 Å². The van der Waals surface area contributed by atoms with E-state index in [0.29, 0.717) is 29.8 Å². The zero-order valence-corrected chi connectivity index (χ0v) is 18.9. The van der Waals surface area contributed by atoms with Crippen LogP contribution in [0, 0.1) is 5.82 Å². The molecule has 0 spiro atoms. The highest BCUT2D eigenvalue weighted by molar-refractivity contribution is 6.04. The van der Waals surface area contributed by atoms with Crippen LogP contribution in [0.2, 0.25) is 0 Å². The van der Waals surface area contributed by atoms with Gasteiger partial charge in [0.2, 0.25) is 5.91 Å². The van der Waals surface area contributed by atoms with Crippen molar-refractivity contribution in [2.45, 2.75) is 32.4 Å². The summed E-state index contributed by atoms with van der Waals surface area (Å²) in [6.45, 7) is 3.24. The quantitative estimate of drug-likeness (QED) is 0.538. The highest BCUT2D eigenvalue weighted by Crippen LogP contribution is 2.19. The molecule has 6 nitrogen and oxygen atoms in total. The molecule has 7 heteroatoms. The number of carbonyl (C=O) groups is 3. The van der Waals surface area contributed by atoms with E-state index in [1.807, 2.05) is 36.1 Å². The van der Waals surface area contributed by atoms with Crippen LogP contribution in [0.3, 0.4) is 0 Å². The van der Waals surface area contributed by atoms with Crippen LogP contribution in [0.25, 0.3) is 0 Å². The van der Waals surface area contributed by atoms with Gasteiger partial charge in [0.1, 0.15) is 5.82 Å². The predicted molar refractivity (Wildman–Crippen MR) is 128 cm³/mol. The van der Waals surface area contributed by atoms with Crippen LogP contribution < -0.4 is 10.6 Å². The Morgan fingerprint density at radius 1 is 0.912 bits per heavy atom. The Kier molecular flexibility index (Phi) is 7.01. The summed E-state index contributed by atoms with van der Waals surface area (Å²) in [5, 5.41) is 5.75. The monoisotopic (exact) mass is 459 g/mol. The summed E-state index contributed by atoms with van der Waals surface area (Å²) >= 11 is 0. The fraction of sp³-hybridized carbons (Fsp3) is 0.222. The van der Waals surface area contributed by atoms with Gasteiger partial charge in [0.15, 0.2) is 0 Å². The smallest absolute Gasteiger partial charge is 0.255 e. The first kappa shape index (κ1) is 23.2. The van der Waals surface area contributed by atoms with Crippen molar-refractivity contribution < 1.29 is 18.8 Å². The number of halogens is 1. The van der Waals surface area contributed by atoms with E-state index in [2.05, 4.69) is 10.6 Å². The van der Waals surface area contributed by atoms with Crippen LogP contribution in [-0.2, 0) is 11.3 Å². The molecule has 34 heavy (non-hydrogen) atoms. The van der Waals surface area contributed by atoms with Crippen molar-refractivity contribution in [3.05, 3.63) is 101 Å². The van der Waals surface area contributed by atoms with Gasteiger partial charge in [-0.05, 0) is 73.0 Å². The molecular weight excluding hydrogens is 433 g/mol. The molecule has 3 aromatic carbocycles. The third-order valence-electron chi connectivity index (χ3n) is 5.88. The van der Waals surface area contributed by atoms with Gasteiger partial charge in [-0.25, -0.2) is 4.39 Å². The lowest BCUT2D eigenvalue weighted by Crippen LogP contribution is -2.27. The minimum Gasteiger partial charge on any atom is -0.346 e. The fourth-order valence-electron chi connectivity index (χ4n) is 3.88. The van der Waals surface area contributed by atoms with Crippen LogP contribution in [0.1, 0.15) is 57.7 Å². The van der Waals surface area contributed by atoms with Crippen molar-refractivity contribution in [2.24, 2.45) is 0 Å². The van der Waals surface area contributed by atoms with Gasteiger partial charge < -0.3 is 15.5 Å². The number of hydrogen-bond donors (Lipinski definition) is 2. The van der Waals surface area contributed by atoms with Crippen molar-refractivity contribution in [1.29, 1.82) is 0 Å². The molecule has 0 bridgehead atoms. The van der Waals surface area contributed by atoms with E-state index in [0.717, 1.165) is 24.1 Å². The summed E-state index contributed by atoms with van der Waals surface area (Å²) in [5.74, 6) is -0.736. The molecule has 1 fully saturated rings. The first-order valence-corrected chi connectivity index (χ1v) is 11.2. The maximum absolute atomic E-state index is 13.0. The highest BCUT2D eigenvalue weighted by Gasteiger charge is 2.20. The van der Waals surface area contributed by atoms with Crippen LogP contribution >= 0.6 is 0 Å². The lowest BCUT2D eigenvalue weighted by atomic mass is 10.1. The number of nitrogens with one attached hydrogen (secondary N) is 2. The molecule has 0 aliphatic carbocycles. The average molecular weight is 460 g/mol. The van der Waals surface area contributed by atoms with E-state index in [9.17, 15) is 18.8 Å². The fourth-order valence-corrected chi connectivity index (χ4v) is 3.88. The maximum Gasteiger partial charge on any atom is 0.255 e. The normalized spacial score (nSPS) is 14.1. The second kappa shape index (κ2) is 10.3. The summed E-state index contributed by atoms with van der Waals surface area (Å²) in [4.78, 5) is 38.6. The Hall–Kier alpha value is -4.00. The number of benzene rings is 3. The van der Waals surface area contributed by atoms with Gasteiger partial charge in [-0.3, -0.25) is 14.4 Å². The van der Waals surface area contributed by atoms with Crippen LogP contribution in [-0.4, -0.2) is 29.2 Å². The number of likely N-dealkylation sites (tertiary alicyclic amines) is 1. The van der Waals surface area contributed by atoms with Crippen molar-refractivity contribution in [3.8, 4) is 0 Å². The Balaban J connectivity index is 1.31. The van der Waals surface area contributed by atoms with Gasteiger partial charge in [-0.1, -0.05) is 24.3 Å². The molecule has 1 aliphatic heterocycles. The number of anilines is 1. The van der Waals surface area contributed by atoms with Gasteiger partial charge in [0.25, 0.3) is 11.8 Å². The summed E-state index contributed by atoms with van der Waals surface area (Å²) in [6.07, 6.45) is 1.51. The van der Waals surface area contributed by atoms with Crippen LogP contribution in [0.4, 0.5) is 10.1 Å². The highest BCUT2D eigenvalue weighted by atomic mass is 19.1. The third-order valence-corrected chi connectivity index (χ3v) is 5.88. The van der Waals surface area contributed by atoms with Crippen molar-refractivity contribution in [2.75, 3.05) is 11.9 Å². The van der Waals surface area contributed by atoms with E-state index < -0.39 is 5.82 Å². The molecule has 1 heterocycles. The zero-order chi connectivity index (χ0) is 24.1. The second-order valence-electron chi connectivity index (χ2n) is 8.39. The molecule has 1 saturated heterocycles. The predicted octanol–water partition coefficient (Wildman–Crippen LogP) is 4.69. The van der Waals surface area contributed by atoms with E-state index in [4.69, 9.17) is 0 Å². The molecule has 2 N–H and O–H groups in total. The SMILES string of the molecule is CC(NC(=O)c1ccc(CN2CCCC2=O)cc1)c1ccc(NC(=O)c2ccc(F)cc2)cc1. The molecule has 4 rings (SSSR count). The van der Waals surface area contributed by atoms with Crippen molar-refractivity contribution in [3.63, 3.8) is 0 Å². The van der Waals surface area contributed by atoms with Gasteiger partial charge in [-0.2, -0.15) is 0 Å². The number of hydrogen-bond acceptors (Lipinski definition) is 3. The van der Waals surface area contributed by atoms with Crippen molar-refractivity contribution >= 4 is 23.4 Å². The van der Waals surface area contributed by atoms with E-state index in [-0.39, 0.29) is 23.8 Å². The van der Waals surface area contributed by atoms with E-state index >= 15 is 0 Å². The van der Waals surface area contributed by atoms with Gasteiger partial charge in [-0.15, -0.1) is 0 Å². The van der Waals surface area contributed by atoms with Gasteiger partial charge in [0.05, 0.1) is 6.04 Å². The molecule has 0 aromatic heterocycles. The lowest BCUT2D eigenvalue weighted by Gasteiger charge is -2.17. The van der Waals surface area contributed by atoms with Gasteiger partial charge >= 0.3 is 0 Å². The minimum absolute atomic E-state index is 0.177. The molecule has 1 atom stereocenters. The first-order chi connectivity index (χ1) is 16.4. The number of nitrogens with zero attached hydrogens (tertiary/aromatic N) is 1. The average Bonchev–Trinajstić information content (AvgIpc) is 3.24. The topological polar surface area (TPSA) is 78.5 Å². The summed E-state index contributed by atoms with van der Waals surface area (Å²) in [5.41, 5.74) is 3.40. The summed E-state index contributed by atoms with van der Waals surface area (Å²) in [6, 6.07) is 19.6. The van der Waals surface area contributed by atoms with Crippen LogP contribution in [0.5, 0.6) is 0 Å². The Labute approximate surface area is 197 Å². The largest absolute Gasteiger partial charge is 0.346 e. The molecule has 1 unspecified atom stereocenters. The molecular formula is C27H26FN3O3. The van der Waals surface area contributed by atoms with E-state index in [1.165, 1.54) is 24.3 Å². The third kappa shape index (κ3) is 5.67. The second-order valence-corrected chi connectivity index (χ2v) is 8.39. The molecule has 3 amide bonds. The molecule has 0 saturated carbocycles. The number of carbonyl (C=O) groups excluding carboxylic acids is 3. The summed E-state index contributed by atoms with van der Waals surface area (Å²) in [7, 11) is 0. The molecule has 0 radical (unpaired) electrons. The maximum atomic E-state index is 13.0. The standard InChI is InChI=1S/C27H26FN3O3/c1-18(20-10-14-24(15-11-20)30-27(34)22-8-12-23(28)13-9-22)29-26(33)21-6-4-19(5-7-21)17-31-16-2-3-25(31)32/h4-15,18H,2-3,16-17H2,1H3,(H,29,33)(H,30,34). The molecule has 3 aromatic rings. The number of rotatable bonds is 7. The van der Waals surface area contributed by atoms with Gasteiger partial charge in [0, 0.05) is 36.3 Å².